The number of carbonyl (C=O) groups excluding carboxylic acids is 6. The maximum Gasteiger partial charge on any atom is 0.303 e. The van der Waals surface area contributed by atoms with E-state index in [0.717, 1.165) is 38.2 Å². The molecule has 3 amide bonds. The number of nitrogens with one attached hydrogen (secondary N) is 3. The summed E-state index contributed by atoms with van der Waals surface area (Å²) in [5.41, 5.74) is 3.60. The Bertz CT molecular complexity index is 3890. The molecule has 19 atom stereocenters. The van der Waals surface area contributed by atoms with E-state index in [9.17, 15) is 98.5 Å². The number of carboxylic acids is 1. The summed E-state index contributed by atoms with van der Waals surface area (Å²) >= 11 is 0. The summed E-state index contributed by atoms with van der Waals surface area (Å²) in [6, 6.07) is 38.5. The lowest BCUT2D eigenvalue weighted by Gasteiger charge is -2.23. The Kier molecular flexibility index (Phi) is 52.2. The van der Waals surface area contributed by atoms with Crippen LogP contribution in [0.5, 0.6) is 5.75 Å². The lowest BCUT2D eigenvalue weighted by Crippen LogP contribution is -2.27. The average molecular weight is 1750 g/mol. The van der Waals surface area contributed by atoms with Crippen LogP contribution >= 0.6 is 0 Å². The summed E-state index contributed by atoms with van der Waals surface area (Å²) in [5.74, 6) is -5.62. The number of ketones is 3. The van der Waals surface area contributed by atoms with Crippen LogP contribution in [-0.2, 0) is 52.8 Å². The van der Waals surface area contributed by atoms with Crippen LogP contribution in [0.25, 0.3) is 0 Å². The molecule has 25 heteroatoms. The highest BCUT2D eigenvalue weighted by atomic mass is 19.3. The zero-order valence-corrected chi connectivity index (χ0v) is 73.4. The number of aliphatic hydroxyl groups excluding tert-OH is 11. The van der Waals surface area contributed by atoms with E-state index in [2.05, 4.69) is 40.2 Å². The van der Waals surface area contributed by atoms with Gasteiger partial charge >= 0.3 is 5.97 Å². The Morgan fingerprint density at radius 1 is 0.400 bits per heavy atom. The van der Waals surface area contributed by atoms with Crippen molar-refractivity contribution in [3.05, 3.63) is 211 Å². The van der Waals surface area contributed by atoms with Crippen LogP contribution < -0.4 is 20.7 Å². The van der Waals surface area contributed by atoms with E-state index in [1.807, 2.05) is 121 Å². The molecule has 4 aliphatic carbocycles. The van der Waals surface area contributed by atoms with Crippen molar-refractivity contribution in [2.75, 3.05) is 26.2 Å². The van der Waals surface area contributed by atoms with E-state index >= 15 is 0 Å². The van der Waals surface area contributed by atoms with Gasteiger partial charge in [0.15, 0.2) is 6.61 Å². The second-order valence-electron chi connectivity index (χ2n) is 34.1. The van der Waals surface area contributed by atoms with Gasteiger partial charge in [0, 0.05) is 50.4 Å². The molecule has 0 bridgehead atoms. The van der Waals surface area contributed by atoms with Gasteiger partial charge in [0.2, 0.25) is 17.7 Å². The van der Waals surface area contributed by atoms with Crippen molar-refractivity contribution < 1.29 is 108 Å². The lowest BCUT2D eigenvalue weighted by atomic mass is 9.85. The number of carboxylic acid groups (broad SMARTS) is 1. The van der Waals surface area contributed by atoms with Crippen LogP contribution in [0.1, 0.15) is 211 Å². The van der Waals surface area contributed by atoms with Crippen molar-refractivity contribution in [2.45, 2.75) is 286 Å². The highest BCUT2D eigenvalue weighted by Gasteiger charge is 2.44. The summed E-state index contributed by atoms with van der Waals surface area (Å²) in [5, 5.41) is 130. The van der Waals surface area contributed by atoms with Gasteiger partial charge in [0.25, 0.3) is 5.92 Å². The molecule has 4 aliphatic rings. The van der Waals surface area contributed by atoms with Crippen LogP contribution in [0.3, 0.4) is 0 Å². The van der Waals surface area contributed by atoms with Gasteiger partial charge < -0.3 is 82.0 Å². The number of hydrogen-bond acceptors (Lipinski definition) is 19. The van der Waals surface area contributed by atoms with E-state index in [1.54, 1.807) is 36.4 Å². The van der Waals surface area contributed by atoms with E-state index in [1.165, 1.54) is 43.5 Å². The first-order chi connectivity index (χ1) is 59.9. The number of hydrogen-bond donors (Lipinski definition) is 15. The number of aliphatic hydroxyl groups is 11. The smallest absolute Gasteiger partial charge is 0.303 e. The van der Waals surface area contributed by atoms with Crippen molar-refractivity contribution in [3.63, 3.8) is 0 Å². The Morgan fingerprint density at radius 3 is 1.07 bits per heavy atom. The van der Waals surface area contributed by atoms with Crippen LogP contribution in [0.4, 0.5) is 8.78 Å². The summed E-state index contributed by atoms with van der Waals surface area (Å²) in [6.45, 7) is 3.65. The van der Waals surface area contributed by atoms with Crippen molar-refractivity contribution in [1.82, 2.24) is 16.0 Å². The highest BCUT2D eigenvalue weighted by molar-refractivity contribution is 5.85. The molecular weight excluding hydrogens is 1600 g/mol. The second-order valence-corrected chi connectivity index (χ2v) is 34.1. The minimum Gasteiger partial charge on any atom is -0.487 e. The van der Waals surface area contributed by atoms with Crippen LogP contribution in [0, 0.1) is 47.3 Å². The molecule has 0 radical (unpaired) electrons. The Hall–Kier alpha value is -8.57. The number of amides is 3. The highest BCUT2D eigenvalue weighted by Crippen LogP contribution is 2.42. The van der Waals surface area contributed by atoms with Crippen molar-refractivity contribution in [1.29, 1.82) is 0 Å². The monoisotopic (exact) mass is 1740 g/mol. The molecule has 0 aromatic heterocycles. The molecule has 4 aromatic carbocycles. The second kappa shape index (κ2) is 61.0. The number of allylic oxidation sites excluding steroid dienone is 8. The van der Waals surface area contributed by atoms with Gasteiger partial charge in [-0.3, -0.25) is 33.6 Å². The predicted octanol–water partition coefficient (Wildman–Crippen LogP) is 12.4. The zero-order valence-electron chi connectivity index (χ0n) is 73.4. The number of Topliss-reactive ketones (excluding diaryl/α,β-unsaturated/α-hetero) is 3. The fourth-order valence-electron chi connectivity index (χ4n) is 16.5. The zero-order chi connectivity index (χ0) is 91.3. The topological polar surface area (TPSA) is 408 Å². The first kappa shape index (κ1) is 107. The minimum atomic E-state index is -3.22. The number of para-hydroxylation sites is 1. The molecule has 15 N–H and O–H groups in total. The summed E-state index contributed by atoms with van der Waals surface area (Å²) in [6.07, 6.45) is 32.3. The van der Waals surface area contributed by atoms with Crippen LogP contribution in [-0.4, -0.2) is 202 Å². The fraction of sp³-hybridized carbons (Fsp3) is 0.570. The Morgan fingerprint density at radius 2 is 0.712 bits per heavy atom. The van der Waals surface area contributed by atoms with Gasteiger partial charge in [-0.25, -0.2) is 0 Å². The number of halogens is 2. The van der Waals surface area contributed by atoms with Gasteiger partial charge in [-0.1, -0.05) is 176 Å². The average Bonchev–Trinajstić information content (AvgIpc) is 1.70. The maximum atomic E-state index is 14.2. The first-order valence-electron chi connectivity index (χ1n) is 45.0. The quantitative estimate of drug-likeness (QED) is 0.0144. The van der Waals surface area contributed by atoms with E-state index < -0.39 is 91.6 Å². The molecule has 0 saturated heterocycles. The van der Waals surface area contributed by atoms with Gasteiger partial charge in [0.05, 0.1) is 86.8 Å². The van der Waals surface area contributed by atoms with E-state index in [0.29, 0.717) is 153 Å². The third-order valence-electron chi connectivity index (χ3n) is 23.6. The number of carbonyl (C=O) groups is 7. The molecule has 692 valence electrons. The van der Waals surface area contributed by atoms with Crippen molar-refractivity contribution >= 4 is 41.0 Å². The normalized spacial score (nSPS) is 24.3. The minimum absolute atomic E-state index is 0.00736. The summed E-state index contributed by atoms with van der Waals surface area (Å²) in [7, 11) is 0. The van der Waals surface area contributed by atoms with Gasteiger partial charge in [0.1, 0.15) is 23.1 Å². The molecule has 125 heavy (non-hydrogen) atoms. The number of alkyl halides is 2. The third kappa shape index (κ3) is 45.6. The number of aliphatic carboxylic acids is 1. The molecule has 23 nitrogen and oxygen atoms in total. The Labute approximate surface area is 738 Å². The number of aryl methyl sites for hydroxylation is 3. The maximum absolute atomic E-state index is 14.2. The van der Waals surface area contributed by atoms with Gasteiger partial charge in [-0.2, -0.15) is 8.78 Å². The molecule has 4 aromatic rings. The van der Waals surface area contributed by atoms with Crippen molar-refractivity contribution in [2.24, 2.45) is 47.3 Å². The molecular formula is C100H143F2N3O20. The molecule has 0 unspecified atom stereocenters. The largest absolute Gasteiger partial charge is 0.487 e. The molecule has 0 spiro atoms. The van der Waals surface area contributed by atoms with E-state index in [4.69, 9.17) is 9.84 Å². The van der Waals surface area contributed by atoms with Crippen LogP contribution in [0.15, 0.2) is 194 Å². The number of ether oxygens (including phenoxy) is 1. The number of benzene rings is 4. The molecule has 8 rings (SSSR count). The Balaban J connectivity index is 0.000000296. The molecule has 0 aliphatic heterocycles. The SMILES string of the molecule is CC(=O)CNC(=O)CCC/C=C\C[C@@H]1[C@@H](/C=C/C(F)(F)COc2ccccc2)[C@H](O)C[C@@H]1O.CC(=O)CNC(=O)CCC/C=C\C[C@@H]1[C@@H](/C=C/[C@@H](O)CCc2ccccc2)[C@H](O)C[C@@H]1O.CC(=O)CNC(=O)CCC/C=C\C[C@@H]1[C@@H](CC[C@@H](O)CCc2ccccc2)[C@H](O)C[C@@H]1O.O=C(O)CCC/C=C\C[C@@H]1[C@@H](CC[C@@H](O)CCc2ccccc2)[C@H](O)C[C@@H]1O. The lowest BCUT2D eigenvalue weighted by molar-refractivity contribution is -0.137. The summed E-state index contributed by atoms with van der Waals surface area (Å²) < 4.78 is 33.6. The summed E-state index contributed by atoms with van der Waals surface area (Å²) in [4.78, 5) is 77.8. The standard InChI is InChI=1S/C26H39NO5.C26H37NO5.C25H33F2NO5.C23H34O5/c2*1-19(28)18-27-26(32)12-8-3-2-7-11-22-23(25(31)17-24(22)30)16-15-21(29)14-13-20-9-5-4-6-10-20;1-18(29)16-28-24(32)12-8-3-2-7-11-20-21(23(31)15-22(20)30)13-14-25(26,27)17-33-19-9-5-4-6-10-19;24-18(13-12-17-8-4-3-5-9-17)14-15-20-19(21(25)16-22(20)26)10-6-1-2-7-11-23(27)28/h2,4-7,9-10,21-25,29-31H,3,8,11-18H2,1H3,(H,27,32);2,4-7,9-10,15-16,21-25,29-31H,3,8,11-14,17-18H2,1H3,(H,27,32);2,4-7,9-10,13-14,20-23,30-31H,3,8,11-12,15-17H2,1H3,(H,28,32);1,3-6,8-9,18-22,24-26H,2,7,10-16H2,(H,27,28)/b7-2-;7-2-,16-15+;7-2-,14-13+;6-1-/t2*21-,22+,23+,24-,25+;20-,21-,22+,23-;18-,19+,20+,21-,22+/m0010/s1. The molecule has 4 fully saturated rings. The molecule has 0 heterocycles. The number of unbranched alkanes of at least 4 members (excludes halogenated alkanes) is 4. The first-order valence-corrected chi connectivity index (χ1v) is 45.0. The third-order valence-corrected chi connectivity index (χ3v) is 23.6. The number of rotatable bonds is 52. The van der Waals surface area contributed by atoms with Crippen molar-refractivity contribution in [3.8, 4) is 5.75 Å². The van der Waals surface area contributed by atoms with Crippen LogP contribution in [0.2, 0.25) is 0 Å². The van der Waals surface area contributed by atoms with Gasteiger partial charge in [-0.05, 0) is 245 Å². The molecule has 4 saturated carbocycles. The predicted molar refractivity (Wildman–Crippen MR) is 480 cm³/mol. The fourth-order valence-corrected chi connectivity index (χ4v) is 16.5. The van der Waals surface area contributed by atoms with E-state index in [-0.39, 0.29) is 109 Å². The van der Waals surface area contributed by atoms with Gasteiger partial charge in [-0.15, -0.1) is 0 Å².